The summed E-state index contributed by atoms with van der Waals surface area (Å²) in [6, 6.07) is 1.62. The average Bonchev–Trinajstić information content (AvgIpc) is 2.83. The van der Waals surface area contributed by atoms with Crippen molar-refractivity contribution >= 4 is 17.5 Å². The number of aromatic nitrogens is 1. The molecule has 17 heavy (non-hydrogen) atoms. The predicted octanol–water partition coefficient (Wildman–Crippen LogP) is 1.71. The highest BCUT2D eigenvalue weighted by Gasteiger charge is 2.31. The van der Waals surface area contributed by atoms with Crippen LogP contribution in [0.4, 0.5) is 0 Å². The van der Waals surface area contributed by atoms with E-state index < -0.39 is 5.60 Å². The quantitative estimate of drug-likeness (QED) is 0.865. The fourth-order valence-corrected chi connectivity index (χ4v) is 2.54. The number of halogens is 1. The molecule has 5 heteroatoms. The summed E-state index contributed by atoms with van der Waals surface area (Å²) in [6.45, 7) is 0.314. The van der Waals surface area contributed by atoms with Crippen molar-refractivity contribution in [3.63, 3.8) is 0 Å². The average molecular weight is 257 g/mol. The molecule has 0 radical (unpaired) electrons. The molecule has 1 aliphatic rings. The molecule has 0 saturated heterocycles. The second-order valence-electron chi connectivity index (χ2n) is 4.77. The summed E-state index contributed by atoms with van der Waals surface area (Å²) in [5, 5.41) is 13.4. The van der Waals surface area contributed by atoms with Crippen molar-refractivity contribution in [2.24, 2.45) is 7.05 Å². The standard InChI is InChI=1S/C12H17ClN2O2/c1-15-7-9(13)6-10(15)11(16)14-8-12(17)4-2-3-5-12/h6-7,17H,2-5,8H2,1H3,(H,14,16). The summed E-state index contributed by atoms with van der Waals surface area (Å²) in [6.07, 6.45) is 5.27. The van der Waals surface area contributed by atoms with Crippen molar-refractivity contribution in [2.45, 2.75) is 31.3 Å². The van der Waals surface area contributed by atoms with Gasteiger partial charge in [-0.05, 0) is 18.9 Å². The van der Waals surface area contributed by atoms with E-state index in [1.54, 1.807) is 23.9 Å². The number of rotatable bonds is 3. The van der Waals surface area contributed by atoms with Crippen molar-refractivity contribution in [2.75, 3.05) is 6.54 Å². The summed E-state index contributed by atoms with van der Waals surface area (Å²) >= 11 is 5.81. The third-order valence-corrected chi connectivity index (χ3v) is 3.52. The zero-order chi connectivity index (χ0) is 12.5. The molecule has 2 rings (SSSR count). The Morgan fingerprint density at radius 2 is 2.24 bits per heavy atom. The highest BCUT2D eigenvalue weighted by atomic mass is 35.5. The third kappa shape index (κ3) is 2.82. The van der Waals surface area contributed by atoms with Crippen LogP contribution in [0.15, 0.2) is 12.3 Å². The smallest absolute Gasteiger partial charge is 0.268 e. The lowest BCUT2D eigenvalue weighted by molar-refractivity contribution is 0.0448. The summed E-state index contributed by atoms with van der Waals surface area (Å²) in [5.41, 5.74) is -0.207. The molecule has 0 unspecified atom stereocenters. The Labute approximate surface area is 106 Å². The van der Waals surface area contributed by atoms with Gasteiger partial charge in [0, 0.05) is 19.8 Å². The molecule has 1 saturated carbocycles. The number of aryl methyl sites for hydroxylation is 1. The van der Waals surface area contributed by atoms with Gasteiger partial charge in [0.25, 0.3) is 5.91 Å². The van der Waals surface area contributed by atoms with Crippen molar-refractivity contribution in [3.8, 4) is 0 Å². The molecule has 0 aliphatic heterocycles. The summed E-state index contributed by atoms with van der Waals surface area (Å²) in [4.78, 5) is 11.9. The van der Waals surface area contributed by atoms with Crippen molar-refractivity contribution < 1.29 is 9.90 Å². The van der Waals surface area contributed by atoms with Gasteiger partial charge in [-0.15, -0.1) is 0 Å². The van der Waals surface area contributed by atoms with Crippen LogP contribution < -0.4 is 5.32 Å². The third-order valence-electron chi connectivity index (χ3n) is 3.32. The lowest BCUT2D eigenvalue weighted by atomic mass is 10.0. The van der Waals surface area contributed by atoms with E-state index in [1.807, 2.05) is 0 Å². The zero-order valence-corrected chi connectivity index (χ0v) is 10.6. The van der Waals surface area contributed by atoms with Gasteiger partial charge in [-0.3, -0.25) is 4.79 Å². The Bertz CT molecular complexity index is 422. The monoisotopic (exact) mass is 256 g/mol. The largest absolute Gasteiger partial charge is 0.388 e. The van der Waals surface area contributed by atoms with Gasteiger partial charge in [0.1, 0.15) is 5.69 Å². The molecule has 0 atom stereocenters. The molecule has 0 aromatic carbocycles. The predicted molar refractivity (Wildman–Crippen MR) is 66.2 cm³/mol. The van der Waals surface area contributed by atoms with E-state index in [4.69, 9.17) is 11.6 Å². The van der Waals surface area contributed by atoms with Crippen LogP contribution in [0.1, 0.15) is 36.2 Å². The highest BCUT2D eigenvalue weighted by molar-refractivity contribution is 6.31. The molecule has 1 amide bonds. The minimum Gasteiger partial charge on any atom is -0.388 e. The number of aliphatic hydroxyl groups is 1. The zero-order valence-electron chi connectivity index (χ0n) is 9.87. The lowest BCUT2D eigenvalue weighted by Gasteiger charge is -2.22. The Kier molecular flexibility index (Phi) is 3.45. The molecular formula is C12H17ClN2O2. The molecule has 1 fully saturated rings. The molecule has 94 valence electrons. The summed E-state index contributed by atoms with van der Waals surface area (Å²) in [5.74, 6) is -0.195. The molecule has 1 aromatic rings. The molecular weight excluding hydrogens is 240 g/mol. The Balaban J connectivity index is 1.95. The van der Waals surface area contributed by atoms with Crippen LogP contribution in [0.25, 0.3) is 0 Å². The molecule has 4 nitrogen and oxygen atoms in total. The van der Waals surface area contributed by atoms with Gasteiger partial charge in [-0.25, -0.2) is 0 Å². The van der Waals surface area contributed by atoms with Crippen LogP contribution in [0.2, 0.25) is 5.02 Å². The first kappa shape index (κ1) is 12.5. The van der Waals surface area contributed by atoms with E-state index in [2.05, 4.69) is 5.32 Å². The maximum Gasteiger partial charge on any atom is 0.268 e. The van der Waals surface area contributed by atoms with E-state index in [1.165, 1.54) is 0 Å². The Hall–Kier alpha value is -1.00. The van der Waals surface area contributed by atoms with Crippen molar-refractivity contribution in [1.82, 2.24) is 9.88 Å². The van der Waals surface area contributed by atoms with Crippen LogP contribution in [-0.4, -0.2) is 27.7 Å². The van der Waals surface area contributed by atoms with E-state index in [-0.39, 0.29) is 5.91 Å². The van der Waals surface area contributed by atoms with Crippen LogP contribution in [-0.2, 0) is 7.05 Å². The molecule has 1 aliphatic carbocycles. The van der Waals surface area contributed by atoms with Gasteiger partial charge >= 0.3 is 0 Å². The van der Waals surface area contributed by atoms with Crippen molar-refractivity contribution in [3.05, 3.63) is 23.0 Å². The Morgan fingerprint density at radius 3 is 2.76 bits per heavy atom. The van der Waals surface area contributed by atoms with Gasteiger partial charge < -0.3 is 15.0 Å². The first-order valence-electron chi connectivity index (χ1n) is 5.83. The number of carbonyl (C=O) groups is 1. The fraction of sp³-hybridized carbons (Fsp3) is 0.583. The van der Waals surface area contributed by atoms with E-state index in [0.29, 0.717) is 17.3 Å². The summed E-state index contributed by atoms with van der Waals surface area (Å²) in [7, 11) is 1.77. The molecule has 2 N–H and O–H groups in total. The summed E-state index contributed by atoms with van der Waals surface area (Å²) < 4.78 is 1.68. The second kappa shape index (κ2) is 4.70. The van der Waals surface area contributed by atoms with Crippen molar-refractivity contribution in [1.29, 1.82) is 0 Å². The minimum absolute atomic E-state index is 0.195. The number of nitrogens with one attached hydrogen (secondary N) is 1. The lowest BCUT2D eigenvalue weighted by Crippen LogP contribution is -2.41. The van der Waals surface area contributed by atoms with Crippen LogP contribution in [0.5, 0.6) is 0 Å². The van der Waals surface area contributed by atoms with Gasteiger partial charge in [0.2, 0.25) is 0 Å². The molecule has 0 bridgehead atoms. The van der Waals surface area contributed by atoms with Gasteiger partial charge in [0.15, 0.2) is 0 Å². The number of nitrogens with zero attached hydrogens (tertiary/aromatic N) is 1. The van der Waals surface area contributed by atoms with E-state index in [0.717, 1.165) is 25.7 Å². The number of hydrogen-bond donors (Lipinski definition) is 2. The second-order valence-corrected chi connectivity index (χ2v) is 5.21. The fourth-order valence-electron chi connectivity index (χ4n) is 2.30. The van der Waals surface area contributed by atoms with Gasteiger partial charge in [-0.2, -0.15) is 0 Å². The van der Waals surface area contributed by atoms with E-state index in [9.17, 15) is 9.90 Å². The maximum atomic E-state index is 11.9. The first-order valence-corrected chi connectivity index (χ1v) is 6.20. The molecule has 1 heterocycles. The van der Waals surface area contributed by atoms with Crippen LogP contribution >= 0.6 is 11.6 Å². The van der Waals surface area contributed by atoms with Crippen LogP contribution in [0.3, 0.4) is 0 Å². The molecule has 0 spiro atoms. The number of carbonyl (C=O) groups excluding carboxylic acids is 1. The minimum atomic E-state index is -0.718. The Morgan fingerprint density at radius 1 is 1.59 bits per heavy atom. The number of hydrogen-bond acceptors (Lipinski definition) is 2. The topological polar surface area (TPSA) is 54.3 Å². The normalized spacial score (nSPS) is 18.3. The van der Waals surface area contributed by atoms with E-state index >= 15 is 0 Å². The van der Waals surface area contributed by atoms with Gasteiger partial charge in [-0.1, -0.05) is 24.4 Å². The molecule has 1 aromatic heterocycles. The number of amides is 1. The maximum absolute atomic E-state index is 11.9. The van der Waals surface area contributed by atoms with Crippen LogP contribution in [0, 0.1) is 0 Å². The first-order chi connectivity index (χ1) is 8.00. The highest BCUT2D eigenvalue weighted by Crippen LogP contribution is 2.28. The van der Waals surface area contributed by atoms with Gasteiger partial charge in [0.05, 0.1) is 10.6 Å². The SMILES string of the molecule is Cn1cc(Cl)cc1C(=O)NCC1(O)CCCC1.